The summed E-state index contributed by atoms with van der Waals surface area (Å²) < 4.78 is 11.0. The molecule has 0 spiro atoms. The number of carbonyl (C=O) groups excluding carboxylic acids is 11. The number of aliphatic hydroxyl groups excluding tert-OH is 1. The van der Waals surface area contributed by atoms with E-state index in [1.165, 1.54) is 40.6 Å². The van der Waals surface area contributed by atoms with Crippen LogP contribution in [0.2, 0.25) is 0 Å². The van der Waals surface area contributed by atoms with Crippen LogP contribution in [-0.2, 0) is 63.8 Å². The van der Waals surface area contributed by atoms with Gasteiger partial charge in [-0.1, -0.05) is 140 Å². The Hall–Kier alpha value is -7.74. The molecule has 554 valence electrons. The first kappa shape index (κ1) is 84.7. The number of amides is 10. The number of likely N-dealkylation sites (tertiary alicyclic amines) is 2. The number of imide groups is 1. The maximum absolute atomic E-state index is 14.3. The number of aldehydes is 1. The summed E-state index contributed by atoms with van der Waals surface area (Å²) >= 11 is 1.39. The van der Waals surface area contributed by atoms with Crippen LogP contribution in [0.1, 0.15) is 162 Å². The van der Waals surface area contributed by atoms with Gasteiger partial charge in [-0.25, -0.2) is 4.79 Å². The third kappa shape index (κ3) is 25.4. The smallest absolute Gasteiger partial charge is 0.410 e. The van der Waals surface area contributed by atoms with Crippen molar-refractivity contribution in [3.63, 3.8) is 0 Å². The quantitative estimate of drug-likeness (QED) is 0.0165. The number of anilines is 1. The molecule has 2 aliphatic rings. The van der Waals surface area contributed by atoms with Crippen molar-refractivity contribution in [1.82, 2.24) is 40.9 Å². The van der Waals surface area contributed by atoms with Crippen LogP contribution in [-0.4, -0.2) is 198 Å². The predicted molar refractivity (Wildman–Crippen MR) is 388 cm³/mol. The number of rotatable bonds is 39. The molecule has 8 N–H and O–H groups in total. The monoisotopic (exact) mass is 1410 g/mol. The van der Waals surface area contributed by atoms with Crippen LogP contribution in [0.15, 0.2) is 84.9 Å². The van der Waals surface area contributed by atoms with E-state index in [1.807, 2.05) is 114 Å². The van der Waals surface area contributed by atoms with Crippen LogP contribution < -0.4 is 32.3 Å². The molecule has 0 bridgehead atoms. The zero-order chi connectivity index (χ0) is 74.3. The molecule has 2 saturated heterocycles. The van der Waals surface area contributed by atoms with Crippen molar-refractivity contribution in [1.29, 1.82) is 0 Å². The highest BCUT2D eigenvalue weighted by atomic mass is 32.2. The van der Waals surface area contributed by atoms with Crippen molar-refractivity contribution in [2.45, 2.75) is 212 Å². The molecule has 24 nitrogen and oxygen atoms in total. The lowest BCUT2D eigenvalue weighted by molar-refractivity contribution is -0.145. The molecule has 10 amide bonds. The number of hydrogen-bond donors (Lipinski definition) is 7. The van der Waals surface area contributed by atoms with Crippen molar-refractivity contribution in [3.8, 4) is 0 Å². The van der Waals surface area contributed by atoms with E-state index >= 15 is 0 Å². The molecule has 2 aliphatic heterocycles. The SMILES string of the molecule is CCOC(=O)N(C)C(C(=O)N[C@H](C(=O)N(C)[C@H]([C@H](C=O)CC(=O)N1CCC[C@H]1[C@H](OC)[C@@H](C)C(=O)N[C@H](C)[C@@H](O)c1ccccc1)[C@@H](C)CC)C(C)C)C(C)C.CSC1CC(=O)N(CCCCCC(=O)N[C@@H](Cc2ccccc2)C(=O)N[C@@H](CCCCN)C(=O)Nc2ccc(C)cc2)C1=O. The average molecular weight is 1410 g/mol. The van der Waals surface area contributed by atoms with Crippen molar-refractivity contribution >= 4 is 83.0 Å². The highest BCUT2D eigenvalue weighted by Gasteiger charge is 2.44. The summed E-state index contributed by atoms with van der Waals surface area (Å²) in [5.74, 6) is -5.19. The van der Waals surface area contributed by atoms with Crippen LogP contribution in [0.25, 0.3) is 0 Å². The third-order valence-electron chi connectivity index (χ3n) is 18.9. The van der Waals surface area contributed by atoms with Crippen LogP contribution in [0.4, 0.5) is 10.5 Å². The number of nitrogens with zero attached hydrogens (tertiary/aromatic N) is 4. The Bertz CT molecular complexity index is 3110. The molecule has 100 heavy (non-hydrogen) atoms. The maximum Gasteiger partial charge on any atom is 0.410 e. The fourth-order valence-electron chi connectivity index (χ4n) is 13.0. The standard InChI is InChI=1S/C42H69N5O9.C33H45N5O5S/c1-13-27(7)36(45(10)41(53)34(25(3)4)44-40(52)35(26(5)6)46(11)42(54)56-14-2)31(24-48)23-33(49)47-22-18-21-32(47)38(55-12)28(8)39(51)43-29(9)37(50)30-19-16-15-17-20-30;1-23-15-17-25(18-16-23)35-31(41)26(13-8-9-19-34)37-32(42)27(21-24-11-5-3-6-12-24)36-29(39)14-7-4-10-20-38-30(40)22-28(44-2)33(38)43/h15-17,19-20,24-29,31-32,34-38,50H,13-14,18,21-23H2,1-12H3,(H,43,51)(H,44,52);3,5-6,11-12,15-18,26-28H,4,7-10,13-14,19-22,34H2,1-2H3,(H,35,41)(H,36,39)(H,37,42)/t27-,28+,29+,31-,32-,34-,35?,36-,37+,38+;26-,27-,28?/m00/s1. The van der Waals surface area contributed by atoms with E-state index in [0.717, 1.165) is 17.4 Å². The average Bonchev–Trinajstić information content (AvgIpc) is 0.990. The van der Waals surface area contributed by atoms with Gasteiger partial charge < -0.3 is 61.5 Å². The lowest BCUT2D eigenvalue weighted by Crippen LogP contribution is -2.59. The number of benzene rings is 3. The molecular formula is C75H114N10O14S. The Kier molecular flexibility index (Phi) is 36.5. The molecule has 5 rings (SSSR count). The Morgan fingerprint density at radius 2 is 1.41 bits per heavy atom. The Morgan fingerprint density at radius 1 is 0.760 bits per heavy atom. The summed E-state index contributed by atoms with van der Waals surface area (Å²) in [5.41, 5.74) is 8.92. The van der Waals surface area contributed by atoms with Gasteiger partial charge in [0.25, 0.3) is 0 Å². The van der Waals surface area contributed by atoms with Gasteiger partial charge in [-0.05, 0) is 120 Å². The molecule has 2 fully saturated rings. The van der Waals surface area contributed by atoms with E-state index < -0.39 is 90.2 Å². The maximum atomic E-state index is 14.3. The van der Waals surface area contributed by atoms with Crippen molar-refractivity contribution in [3.05, 3.63) is 102 Å². The number of nitrogens with two attached hydrogens (primary N) is 1. The van der Waals surface area contributed by atoms with Crippen molar-refractivity contribution < 1.29 is 67.3 Å². The number of nitrogens with one attached hydrogen (secondary N) is 5. The number of unbranched alkanes of at least 4 members (excludes halogenated alkanes) is 3. The molecule has 3 aromatic rings. The summed E-state index contributed by atoms with van der Waals surface area (Å²) in [6, 6.07) is 20.6. The van der Waals surface area contributed by atoms with Gasteiger partial charge in [-0.2, -0.15) is 11.8 Å². The molecule has 0 radical (unpaired) electrons. The van der Waals surface area contributed by atoms with Gasteiger partial charge in [0, 0.05) is 77.6 Å². The van der Waals surface area contributed by atoms with Crippen LogP contribution in [0.3, 0.4) is 0 Å². The summed E-state index contributed by atoms with van der Waals surface area (Å²) in [7, 11) is 4.59. The molecule has 0 aromatic heterocycles. The molecule has 0 saturated carbocycles. The predicted octanol–water partition coefficient (Wildman–Crippen LogP) is 7.52. The molecule has 25 heteroatoms. The second-order valence-electron chi connectivity index (χ2n) is 27.1. The fraction of sp³-hybridized carbons (Fsp3) is 0.613. The summed E-state index contributed by atoms with van der Waals surface area (Å²) in [4.78, 5) is 151. The van der Waals surface area contributed by atoms with Gasteiger partial charge in [0.05, 0.1) is 42.1 Å². The first-order valence-corrected chi connectivity index (χ1v) is 36.7. The number of methoxy groups -OCH3 is 1. The summed E-state index contributed by atoms with van der Waals surface area (Å²) in [6.07, 6.45) is 6.39. The minimum atomic E-state index is -0.978. The Labute approximate surface area is 596 Å². The fourth-order valence-corrected chi connectivity index (χ4v) is 13.6. The number of thioether (sulfide) groups is 1. The van der Waals surface area contributed by atoms with E-state index in [-0.39, 0.29) is 90.7 Å². The highest BCUT2D eigenvalue weighted by Crippen LogP contribution is 2.32. The first-order chi connectivity index (χ1) is 47.6. The Morgan fingerprint density at radius 3 is 1.98 bits per heavy atom. The number of aryl methyl sites for hydroxylation is 1. The van der Waals surface area contributed by atoms with Gasteiger partial charge in [0.2, 0.25) is 53.2 Å². The van der Waals surface area contributed by atoms with E-state index in [4.69, 9.17) is 15.2 Å². The zero-order valence-electron chi connectivity index (χ0n) is 61.4. The first-order valence-electron chi connectivity index (χ1n) is 35.4. The number of aliphatic hydroxyl groups is 1. The van der Waals surface area contributed by atoms with E-state index in [2.05, 4.69) is 26.6 Å². The van der Waals surface area contributed by atoms with Crippen LogP contribution in [0.5, 0.6) is 0 Å². The molecule has 13 atom stereocenters. The van der Waals surface area contributed by atoms with Gasteiger partial charge in [0.1, 0.15) is 30.5 Å². The van der Waals surface area contributed by atoms with E-state index in [9.17, 15) is 57.8 Å². The van der Waals surface area contributed by atoms with Crippen molar-refractivity contribution in [2.75, 3.05) is 59.0 Å². The number of ether oxygens (including phenoxy) is 2. The van der Waals surface area contributed by atoms with Gasteiger partial charge in [-0.15, -0.1) is 0 Å². The minimum Gasteiger partial charge on any atom is -0.450 e. The van der Waals surface area contributed by atoms with Gasteiger partial charge in [-0.3, -0.25) is 53.0 Å². The largest absolute Gasteiger partial charge is 0.450 e. The van der Waals surface area contributed by atoms with Crippen LogP contribution >= 0.6 is 11.8 Å². The number of hydrogen-bond acceptors (Lipinski definition) is 16. The molecule has 2 unspecified atom stereocenters. The molecular weight excluding hydrogens is 1300 g/mol. The van der Waals surface area contributed by atoms with E-state index in [1.54, 1.807) is 58.7 Å². The normalized spacial score (nSPS) is 17.7. The summed E-state index contributed by atoms with van der Waals surface area (Å²) in [6.45, 7) is 19.6. The van der Waals surface area contributed by atoms with Crippen LogP contribution in [0, 0.1) is 36.5 Å². The third-order valence-corrected chi connectivity index (χ3v) is 19.9. The Balaban J connectivity index is 0.000000436. The van der Waals surface area contributed by atoms with Crippen molar-refractivity contribution in [2.24, 2.45) is 35.3 Å². The summed E-state index contributed by atoms with van der Waals surface area (Å²) in [5, 5.41) is 24.9. The molecule has 0 aliphatic carbocycles. The lowest BCUT2D eigenvalue weighted by Gasteiger charge is -2.40. The number of carbonyl (C=O) groups is 11. The van der Waals surface area contributed by atoms with E-state index in [0.29, 0.717) is 88.7 Å². The van der Waals surface area contributed by atoms with Gasteiger partial charge >= 0.3 is 6.09 Å². The second kappa shape index (κ2) is 43.2. The molecule has 2 heterocycles. The molecule has 3 aromatic carbocycles. The lowest BCUT2D eigenvalue weighted by atomic mass is 9.84. The minimum absolute atomic E-state index is 0.135. The highest BCUT2D eigenvalue weighted by molar-refractivity contribution is 8.00. The van der Waals surface area contributed by atoms with Gasteiger partial charge in [0.15, 0.2) is 0 Å². The zero-order valence-corrected chi connectivity index (χ0v) is 62.2. The number of likely N-dealkylation sites (N-methyl/N-ethyl adjacent to an activating group) is 2. The second-order valence-corrected chi connectivity index (χ2v) is 28.2. The topological polar surface area (TPSA) is 326 Å².